The van der Waals surface area contributed by atoms with Crippen LogP contribution in [0.25, 0.3) is 0 Å². The summed E-state index contributed by atoms with van der Waals surface area (Å²) < 4.78 is 18.6. The molecule has 0 heterocycles. The zero-order chi connectivity index (χ0) is 14.7. The molecule has 0 saturated heterocycles. The van der Waals surface area contributed by atoms with Gasteiger partial charge >= 0.3 is 0 Å². The number of rotatable bonds is 8. The van der Waals surface area contributed by atoms with Crippen molar-refractivity contribution in [2.45, 2.75) is 27.2 Å². The first-order valence-electron chi connectivity index (χ1n) is 6.41. The zero-order valence-corrected chi connectivity index (χ0v) is 12.1. The van der Waals surface area contributed by atoms with E-state index in [4.69, 9.17) is 10.5 Å². The third-order valence-corrected chi connectivity index (χ3v) is 2.63. The lowest BCUT2D eigenvalue weighted by Crippen LogP contribution is -2.01. The second-order valence-corrected chi connectivity index (χ2v) is 4.05. The van der Waals surface area contributed by atoms with Gasteiger partial charge in [-0.25, -0.2) is 4.39 Å². The Morgan fingerprint density at radius 1 is 1.37 bits per heavy atom. The van der Waals surface area contributed by atoms with Gasteiger partial charge in [0.25, 0.3) is 0 Å². The summed E-state index contributed by atoms with van der Waals surface area (Å²) in [5.41, 5.74) is 7.50. The number of hydrogen-bond donors (Lipinski definition) is 1. The molecule has 0 aliphatic rings. The van der Waals surface area contributed by atoms with Crippen LogP contribution in [0, 0.1) is 0 Å². The summed E-state index contributed by atoms with van der Waals surface area (Å²) in [4.78, 5) is 0. The lowest BCUT2D eigenvalue weighted by atomic mass is 10.2. The fourth-order valence-corrected chi connectivity index (χ4v) is 1.26. The van der Waals surface area contributed by atoms with E-state index >= 15 is 0 Å². The molecule has 0 unspecified atom stereocenters. The van der Waals surface area contributed by atoms with Gasteiger partial charge in [0.1, 0.15) is 12.4 Å². The summed E-state index contributed by atoms with van der Waals surface area (Å²) in [6.07, 6.45) is 9.16. The predicted molar refractivity (Wildman–Crippen MR) is 80.3 cm³/mol. The molecule has 3 heteroatoms. The standard InChI is InChI=1S/C16H24FNO/c1-5-14(11-18)9-8-13(4)19-12-15(6-2)10-16(17)7-3/h6-10H,3,5,11-12,18H2,1-2,4H3/b13-8+,14-9+,15-6+,16-10+. The Labute approximate surface area is 115 Å². The van der Waals surface area contributed by atoms with Crippen LogP contribution in [-0.2, 0) is 4.74 Å². The molecule has 0 aromatic heterocycles. The highest BCUT2D eigenvalue weighted by Crippen LogP contribution is 2.09. The van der Waals surface area contributed by atoms with E-state index in [-0.39, 0.29) is 5.83 Å². The molecule has 0 aromatic carbocycles. The van der Waals surface area contributed by atoms with E-state index in [0.29, 0.717) is 13.2 Å². The third-order valence-electron chi connectivity index (χ3n) is 2.63. The minimum Gasteiger partial charge on any atom is -0.494 e. The molecule has 2 N–H and O–H groups in total. The van der Waals surface area contributed by atoms with Crippen molar-refractivity contribution in [1.29, 1.82) is 0 Å². The lowest BCUT2D eigenvalue weighted by molar-refractivity contribution is 0.244. The van der Waals surface area contributed by atoms with E-state index in [9.17, 15) is 4.39 Å². The van der Waals surface area contributed by atoms with Crippen LogP contribution in [0.15, 0.2) is 59.7 Å². The van der Waals surface area contributed by atoms with Gasteiger partial charge in [0.05, 0.1) is 5.76 Å². The predicted octanol–water partition coefficient (Wildman–Crippen LogP) is 4.19. The topological polar surface area (TPSA) is 35.2 Å². The SMILES string of the molecule is C=C/C(F)=C\C(=C/C)CO/C(C)=C/C=C(\CC)CN. The van der Waals surface area contributed by atoms with E-state index < -0.39 is 0 Å². The first-order valence-corrected chi connectivity index (χ1v) is 6.41. The minimum absolute atomic E-state index is 0.331. The summed E-state index contributed by atoms with van der Waals surface area (Å²) in [5.74, 6) is 0.404. The van der Waals surface area contributed by atoms with Crippen molar-refractivity contribution in [3.63, 3.8) is 0 Å². The Morgan fingerprint density at radius 2 is 2.05 bits per heavy atom. The van der Waals surface area contributed by atoms with Crippen LogP contribution >= 0.6 is 0 Å². The Bertz CT molecular complexity index is 397. The van der Waals surface area contributed by atoms with Crippen molar-refractivity contribution in [3.8, 4) is 0 Å². The van der Waals surface area contributed by atoms with E-state index in [2.05, 4.69) is 13.5 Å². The van der Waals surface area contributed by atoms with Crippen molar-refractivity contribution < 1.29 is 9.13 Å². The summed E-state index contributed by atoms with van der Waals surface area (Å²) in [6, 6.07) is 0. The van der Waals surface area contributed by atoms with Crippen LogP contribution in [0.2, 0.25) is 0 Å². The molecule has 0 saturated carbocycles. The largest absolute Gasteiger partial charge is 0.494 e. The Hall–Kier alpha value is -1.61. The molecule has 0 amide bonds. The van der Waals surface area contributed by atoms with Gasteiger partial charge in [-0.1, -0.05) is 31.2 Å². The van der Waals surface area contributed by atoms with Crippen molar-refractivity contribution in [2.24, 2.45) is 5.73 Å². The molecule has 0 rings (SSSR count). The van der Waals surface area contributed by atoms with E-state index in [1.807, 2.05) is 32.1 Å². The highest BCUT2D eigenvalue weighted by atomic mass is 19.1. The second-order valence-electron chi connectivity index (χ2n) is 4.05. The average Bonchev–Trinajstić information content (AvgIpc) is 2.44. The van der Waals surface area contributed by atoms with Crippen molar-refractivity contribution in [3.05, 3.63) is 59.7 Å². The maximum absolute atomic E-state index is 13.0. The maximum atomic E-state index is 13.0. The number of hydrogen-bond acceptors (Lipinski definition) is 2. The maximum Gasteiger partial charge on any atom is 0.123 e. The Morgan fingerprint density at radius 3 is 2.53 bits per heavy atom. The Balaban J connectivity index is 4.51. The zero-order valence-electron chi connectivity index (χ0n) is 12.1. The van der Waals surface area contributed by atoms with Gasteiger partial charge in [-0.3, -0.25) is 0 Å². The monoisotopic (exact) mass is 265 g/mol. The smallest absolute Gasteiger partial charge is 0.123 e. The third kappa shape index (κ3) is 8.16. The van der Waals surface area contributed by atoms with Gasteiger partial charge in [0.15, 0.2) is 0 Å². The molecule has 0 atom stereocenters. The molecule has 0 aromatic rings. The van der Waals surface area contributed by atoms with Crippen LogP contribution in [0.4, 0.5) is 4.39 Å². The minimum atomic E-state index is -0.366. The first kappa shape index (κ1) is 17.4. The van der Waals surface area contributed by atoms with Gasteiger partial charge in [-0.05, 0) is 44.1 Å². The van der Waals surface area contributed by atoms with Crippen LogP contribution in [-0.4, -0.2) is 13.2 Å². The summed E-state index contributed by atoms with van der Waals surface area (Å²) in [5, 5.41) is 0. The van der Waals surface area contributed by atoms with Gasteiger partial charge in [0.2, 0.25) is 0 Å². The molecule has 2 nitrogen and oxygen atoms in total. The molecular formula is C16H24FNO. The first-order chi connectivity index (χ1) is 9.07. The highest BCUT2D eigenvalue weighted by molar-refractivity contribution is 5.25. The second kappa shape index (κ2) is 10.3. The highest BCUT2D eigenvalue weighted by Gasteiger charge is 1.97. The molecule has 0 spiro atoms. The van der Waals surface area contributed by atoms with Gasteiger partial charge in [0, 0.05) is 6.54 Å². The molecule has 19 heavy (non-hydrogen) atoms. The van der Waals surface area contributed by atoms with Crippen LogP contribution in [0.1, 0.15) is 27.2 Å². The van der Waals surface area contributed by atoms with Crippen LogP contribution in [0.5, 0.6) is 0 Å². The Kier molecular flexibility index (Phi) is 9.45. The molecule has 0 aliphatic carbocycles. The van der Waals surface area contributed by atoms with Crippen LogP contribution in [0.3, 0.4) is 0 Å². The number of allylic oxidation sites excluding steroid dienone is 6. The van der Waals surface area contributed by atoms with E-state index in [1.54, 1.807) is 0 Å². The quantitative estimate of drug-likeness (QED) is 0.527. The molecular weight excluding hydrogens is 241 g/mol. The van der Waals surface area contributed by atoms with Gasteiger partial charge in [-0.15, -0.1) is 0 Å². The molecule has 0 bridgehead atoms. The number of nitrogens with two attached hydrogens (primary N) is 1. The van der Waals surface area contributed by atoms with Gasteiger partial charge in [-0.2, -0.15) is 0 Å². The molecule has 0 fully saturated rings. The van der Waals surface area contributed by atoms with Crippen molar-refractivity contribution in [2.75, 3.05) is 13.2 Å². The van der Waals surface area contributed by atoms with Crippen molar-refractivity contribution in [1.82, 2.24) is 0 Å². The molecule has 106 valence electrons. The number of halogens is 1. The normalized spacial score (nSPS) is 14.6. The summed E-state index contributed by atoms with van der Waals surface area (Å²) in [6.45, 7) is 10.0. The number of ether oxygens (including phenoxy) is 1. The van der Waals surface area contributed by atoms with E-state index in [0.717, 1.165) is 23.3 Å². The van der Waals surface area contributed by atoms with E-state index in [1.165, 1.54) is 12.2 Å². The fourth-order valence-electron chi connectivity index (χ4n) is 1.26. The lowest BCUT2D eigenvalue weighted by Gasteiger charge is -2.07. The summed E-state index contributed by atoms with van der Waals surface area (Å²) >= 11 is 0. The molecule has 0 aliphatic heterocycles. The average molecular weight is 265 g/mol. The summed E-state index contributed by atoms with van der Waals surface area (Å²) in [7, 11) is 0. The fraction of sp³-hybridized carbons (Fsp3) is 0.375. The molecule has 0 radical (unpaired) electrons. The van der Waals surface area contributed by atoms with Crippen molar-refractivity contribution >= 4 is 0 Å². The van der Waals surface area contributed by atoms with Crippen LogP contribution < -0.4 is 5.73 Å². The van der Waals surface area contributed by atoms with Gasteiger partial charge < -0.3 is 10.5 Å².